The fourth-order valence-corrected chi connectivity index (χ4v) is 3.33. The van der Waals surface area contributed by atoms with Gasteiger partial charge in [-0.15, -0.1) is 0 Å². The number of nitrogens with one attached hydrogen (secondary N) is 1. The smallest absolute Gasteiger partial charge is 0.325 e. The molecule has 2 aromatic carbocycles. The molecule has 4 aromatic rings. The van der Waals surface area contributed by atoms with Crippen LogP contribution in [0.4, 0.5) is 10.1 Å². The molecule has 0 aliphatic rings. The lowest BCUT2D eigenvalue weighted by Crippen LogP contribution is -2.42. The van der Waals surface area contributed by atoms with Crippen molar-refractivity contribution in [1.82, 2.24) is 19.1 Å². The highest BCUT2D eigenvalue weighted by Gasteiger charge is 2.17. The third-order valence-electron chi connectivity index (χ3n) is 4.53. The summed E-state index contributed by atoms with van der Waals surface area (Å²) in [5.41, 5.74) is -0.277. The molecule has 0 aliphatic heterocycles. The maximum absolute atomic E-state index is 13.2. The molecule has 31 heavy (non-hydrogen) atoms. The number of anilines is 1. The van der Waals surface area contributed by atoms with Gasteiger partial charge >= 0.3 is 5.69 Å². The number of benzene rings is 2. The third kappa shape index (κ3) is 4.43. The molecule has 0 unspecified atom stereocenters. The number of nitrogens with zero attached hydrogens (tertiary/aromatic N) is 4. The van der Waals surface area contributed by atoms with E-state index in [-0.39, 0.29) is 24.3 Å². The van der Waals surface area contributed by atoms with Crippen LogP contribution in [-0.2, 0) is 17.9 Å². The molecule has 10 heteroatoms. The van der Waals surface area contributed by atoms with E-state index in [1.165, 1.54) is 36.7 Å². The van der Waals surface area contributed by atoms with Crippen LogP contribution in [0.2, 0.25) is 0 Å². The molecule has 0 atom stereocenters. The second kappa shape index (κ2) is 8.60. The van der Waals surface area contributed by atoms with Crippen LogP contribution in [0.5, 0.6) is 0 Å². The summed E-state index contributed by atoms with van der Waals surface area (Å²) in [6.07, 6.45) is 2.68. The second-order valence-corrected chi connectivity index (χ2v) is 7.59. The Morgan fingerprint density at radius 3 is 2.35 bits per heavy atom. The van der Waals surface area contributed by atoms with Gasteiger partial charge < -0.3 is 5.32 Å². The highest BCUT2D eigenvalue weighted by Crippen LogP contribution is 2.14. The fourth-order valence-electron chi connectivity index (χ4n) is 3.06. The van der Waals surface area contributed by atoms with E-state index in [2.05, 4.69) is 31.2 Å². The zero-order valence-electron chi connectivity index (χ0n) is 16.0. The van der Waals surface area contributed by atoms with E-state index >= 15 is 0 Å². The van der Waals surface area contributed by atoms with Gasteiger partial charge in [0, 0.05) is 22.6 Å². The summed E-state index contributed by atoms with van der Waals surface area (Å²) in [4.78, 5) is 46.7. The highest BCUT2D eigenvalue weighted by atomic mass is 79.9. The summed E-state index contributed by atoms with van der Waals surface area (Å²) >= 11 is 3.32. The number of amides is 1. The van der Waals surface area contributed by atoms with E-state index in [1.807, 2.05) is 0 Å². The molecule has 4 rings (SSSR count). The van der Waals surface area contributed by atoms with Gasteiger partial charge in [0.15, 0.2) is 11.2 Å². The van der Waals surface area contributed by atoms with E-state index in [9.17, 15) is 18.8 Å². The maximum Gasteiger partial charge on any atom is 0.333 e. The van der Waals surface area contributed by atoms with Crippen LogP contribution in [0, 0.1) is 5.82 Å². The molecule has 0 saturated carbocycles. The zero-order chi connectivity index (χ0) is 22.0. The van der Waals surface area contributed by atoms with E-state index in [0.29, 0.717) is 11.3 Å². The summed E-state index contributed by atoms with van der Waals surface area (Å²) < 4.78 is 16.1. The molecule has 0 radical (unpaired) electrons. The van der Waals surface area contributed by atoms with Crippen molar-refractivity contribution in [3.63, 3.8) is 0 Å². The van der Waals surface area contributed by atoms with Crippen LogP contribution >= 0.6 is 15.9 Å². The maximum atomic E-state index is 13.2. The fraction of sp³-hybridized carbons (Fsp3) is 0.0952. The molecular weight excluding hydrogens is 469 g/mol. The molecule has 156 valence electrons. The largest absolute Gasteiger partial charge is 0.333 e. The van der Waals surface area contributed by atoms with Crippen molar-refractivity contribution < 1.29 is 9.18 Å². The molecule has 0 fully saturated rings. The van der Waals surface area contributed by atoms with Crippen LogP contribution in [0.15, 0.2) is 75.0 Å². The average Bonchev–Trinajstić information content (AvgIpc) is 2.77. The van der Waals surface area contributed by atoms with Gasteiger partial charge in [0.25, 0.3) is 5.56 Å². The summed E-state index contributed by atoms with van der Waals surface area (Å²) in [6, 6.07) is 12.4. The van der Waals surface area contributed by atoms with Crippen molar-refractivity contribution in [2.24, 2.45) is 0 Å². The zero-order valence-corrected chi connectivity index (χ0v) is 17.5. The monoisotopic (exact) mass is 483 g/mol. The Bertz CT molecular complexity index is 1380. The molecular formula is C21H15BrFN5O3. The minimum Gasteiger partial charge on any atom is -0.325 e. The lowest BCUT2D eigenvalue weighted by molar-refractivity contribution is -0.116. The van der Waals surface area contributed by atoms with Crippen LogP contribution in [0.3, 0.4) is 0 Å². The molecule has 0 spiro atoms. The number of hydrogen-bond acceptors (Lipinski definition) is 5. The SMILES string of the molecule is O=C(Cn1c(=O)n(Cc2ccc(F)cc2)c(=O)c2nccnc21)Nc1ccc(Br)cc1. The summed E-state index contributed by atoms with van der Waals surface area (Å²) in [5, 5.41) is 2.70. The van der Waals surface area contributed by atoms with Gasteiger partial charge in [-0.1, -0.05) is 28.1 Å². The number of aromatic nitrogens is 4. The van der Waals surface area contributed by atoms with Crippen LogP contribution in [0.1, 0.15) is 5.56 Å². The predicted molar refractivity (Wildman–Crippen MR) is 116 cm³/mol. The Labute approximate surface area is 183 Å². The normalized spacial score (nSPS) is 10.9. The molecule has 2 heterocycles. The predicted octanol–water partition coefficient (Wildman–Crippen LogP) is 2.54. The number of halogens is 2. The summed E-state index contributed by atoms with van der Waals surface area (Å²) in [7, 11) is 0. The van der Waals surface area contributed by atoms with E-state index in [1.54, 1.807) is 24.3 Å². The molecule has 1 N–H and O–H groups in total. The van der Waals surface area contributed by atoms with Crippen molar-refractivity contribution in [3.8, 4) is 0 Å². The topological polar surface area (TPSA) is 98.9 Å². The van der Waals surface area contributed by atoms with Crippen LogP contribution < -0.4 is 16.6 Å². The van der Waals surface area contributed by atoms with Crippen LogP contribution in [0.25, 0.3) is 11.2 Å². The highest BCUT2D eigenvalue weighted by molar-refractivity contribution is 9.10. The van der Waals surface area contributed by atoms with Crippen LogP contribution in [-0.4, -0.2) is 25.0 Å². The Hall–Kier alpha value is -3.66. The average molecular weight is 484 g/mol. The molecule has 2 aromatic heterocycles. The quantitative estimate of drug-likeness (QED) is 0.470. The van der Waals surface area contributed by atoms with Gasteiger partial charge in [0.05, 0.1) is 6.54 Å². The Balaban J connectivity index is 1.74. The van der Waals surface area contributed by atoms with Gasteiger partial charge in [0.1, 0.15) is 12.4 Å². The number of carbonyl (C=O) groups excluding carboxylic acids is 1. The van der Waals surface area contributed by atoms with Crippen molar-refractivity contribution in [2.75, 3.05) is 5.32 Å². The van der Waals surface area contributed by atoms with E-state index < -0.39 is 23.0 Å². The summed E-state index contributed by atoms with van der Waals surface area (Å²) in [6.45, 7) is -0.466. The van der Waals surface area contributed by atoms with Crippen molar-refractivity contribution in [2.45, 2.75) is 13.1 Å². The first kappa shape index (κ1) is 20.6. The second-order valence-electron chi connectivity index (χ2n) is 6.67. The number of rotatable bonds is 5. The number of hydrogen-bond donors (Lipinski definition) is 1. The number of carbonyl (C=O) groups is 1. The van der Waals surface area contributed by atoms with Crippen molar-refractivity contribution >= 4 is 38.7 Å². The lowest BCUT2D eigenvalue weighted by Gasteiger charge is -2.13. The summed E-state index contributed by atoms with van der Waals surface area (Å²) in [5.74, 6) is -0.897. The van der Waals surface area contributed by atoms with E-state index in [4.69, 9.17) is 0 Å². The third-order valence-corrected chi connectivity index (χ3v) is 5.06. The Morgan fingerprint density at radius 1 is 0.968 bits per heavy atom. The van der Waals surface area contributed by atoms with Gasteiger partial charge in [-0.3, -0.25) is 18.7 Å². The first-order valence-corrected chi connectivity index (χ1v) is 9.96. The van der Waals surface area contributed by atoms with Gasteiger partial charge in [-0.05, 0) is 42.0 Å². The first-order valence-electron chi connectivity index (χ1n) is 9.16. The molecule has 8 nitrogen and oxygen atoms in total. The minimum absolute atomic E-state index is 0.0128. The molecule has 0 bridgehead atoms. The number of fused-ring (bicyclic) bond motifs is 1. The van der Waals surface area contributed by atoms with Gasteiger partial charge in [0.2, 0.25) is 5.91 Å². The molecule has 1 amide bonds. The Morgan fingerprint density at radius 2 is 1.65 bits per heavy atom. The molecule has 0 aliphatic carbocycles. The van der Waals surface area contributed by atoms with E-state index in [0.717, 1.165) is 13.6 Å². The molecule has 0 saturated heterocycles. The Kier molecular flexibility index (Phi) is 5.72. The minimum atomic E-state index is -0.715. The standard InChI is InChI=1S/C21H15BrFN5O3/c22-14-3-7-16(8-4-14)26-17(29)12-27-19-18(24-9-10-25-19)20(30)28(21(27)31)11-13-1-5-15(23)6-2-13/h1-10H,11-12H2,(H,26,29). The van der Waals surface area contributed by atoms with Gasteiger partial charge in [-0.25, -0.2) is 19.2 Å². The lowest BCUT2D eigenvalue weighted by atomic mass is 10.2. The van der Waals surface area contributed by atoms with Gasteiger partial charge in [-0.2, -0.15) is 0 Å². The van der Waals surface area contributed by atoms with Crippen molar-refractivity contribution in [3.05, 3.63) is 97.6 Å². The van der Waals surface area contributed by atoms with Crippen molar-refractivity contribution in [1.29, 1.82) is 0 Å². The first-order chi connectivity index (χ1) is 14.9.